The molecule has 0 bridgehead atoms. The van der Waals surface area contributed by atoms with Gasteiger partial charge in [0.1, 0.15) is 5.82 Å². The monoisotopic (exact) mass is 581 g/mol. The fraction of sp³-hybridized carbons (Fsp3) is 0.276. The smallest absolute Gasteiger partial charge is 0.355 e. The third kappa shape index (κ3) is 5.67. The molecule has 2 aromatic heterocycles. The third-order valence-electron chi connectivity index (χ3n) is 7.23. The number of aromatic carboxylic acids is 1. The molecular formula is C29H27F2N4O3S2+. The molecule has 3 N–H and O–H groups in total. The quantitative estimate of drug-likeness (QED) is 0.180. The van der Waals surface area contributed by atoms with Crippen LogP contribution in [0.15, 0.2) is 52.7 Å². The van der Waals surface area contributed by atoms with E-state index in [0.717, 1.165) is 36.9 Å². The highest BCUT2D eigenvalue weighted by atomic mass is 32.2. The van der Waals surface area contributed by atoms with Crippen molar-refractivity contribution in [2.45, 2.75) is 43.4 Å². The summed E-state index contributed by atoms with van der Waals surface area (Å²) in [5.41, 5.74) is 4.00. The number of nitrogens with two attached hydrogens (primary N) is 1. The molecule has 0 amide bonds. The predicted octanol–water partition coefficient (Wildman–Crippen LogP) is 5.87. The zero-order chi connectivity index (χ0) is 28.0. The van der Waals surface area contributed by atoms with Crippen LogP contribution >= 0.6 is 11.3 Å². The minimum absolute atomic E-state index is 0.0394. The van der Waals surface area contributed by atoms with Crippen molar-refractivity contribution in [1.29, 1.82) is 0 Å². The van der Waals surface area contributed by atoms with Crippen LogP contribution in [-0.4, -0.2) is 25.8 Å². The van der Waals surface area contributed by atoms with E-state index in [1.807, 2.05) is 6.08 Å². The van der Waals surface area contributed by atoms with E-state index in [0.29, 0.717) is 52.2 Å². The lowest BCUT2D eigenvalue weighted by Crippen LogP contribution is -2.07. The Kier molecular flexibility index (Phi) is 7.20. The Labute approximate surface area is 236 Å². The van der Waals surface area contributed by atoms with Crippen molar-refractivity contribution in [2.24, 2.45) is 17.0 Å². The molecule has 0 aliphatic heterocycles. The van der Waals surface area contributed by atoms with Crippen LogP contribution in [0.5, 0.6) is 0 Å². The number of thiol groups is 1. The van der Waals surface area contributed by atoms with E-state index < -0.39 is 22.8 Å². The second-order valence-corrected chi connectivity index (χ2v) is 12.3. The van der Waals surface area contributed by atoms with E-state index >= 15 is 0 Å². The molecule has 2 heterocycles. The molecule has 7 nitrogen and oxygen atoms in total. The molecule has 206 valence electrons. The number of aromatic nitrogens is 3. The molecule has 0 spiro atoms. The minimum Gasteiger partial charge on any atom is -0.476 e. The Morgan fingerprint density at radius 1 is 1.15 bits per heavy atom. The number of carboxylic acids is 1. The molecule has 2 fully saturated rings. The number of rotatable bonds is 10. The first kappa shape index (κ1) is 26.7. The van der Waals surface area contributed by atoms with Crippen molar-refractivity contribution in [2.75, 3.05) is 0 Å². The number of thiazole rings is 1. The molecule has 2 aliphatic rings. The number of allylic oxidation sites excluding steroid dienone is 1. The van der Waals surface area contributed by atoms with Crippen LogP contribution in [-0.2, 0) is 28.0 Å². The van der Waals surface area contributed by atoms with Crippen LogP contribution < -0.4 is 5.14 Å². The van der Waals surface area contributed by atoms with Crippen molar-refractivity contribution >= 4 is 34.4 Å². The van der Waals surface area contributed by atoms with Gasteiger partial charge in [0, 0.05) is 28.5 Å². The summed E-state index contributed by atoms with van der Waals surface area (Å²) in [6, 6.07) is 9.32. The number of carboxylic acid groups (broad SMARTS) is 1. The van der Waals surface area contributed by atoms with Gasteiger partial charge in [-0.1, -0.05) is 22.4 Å². The first-order valence-electron chi connectivity index (χ1n) is 13.0. The molecule has 40 heavy (non-hydrogen) atoms. The number of carbonyl (C=O) groups is 1. The summed E-state index contributed by atoms with van der Waals surface area (Å²) in [7, 11) is -2.32. The third-order valence-corrected chi connectivity index (χ3v) is 8.88. The first-order valence-corrected chi connectivity index (χ1v) is 15.3. The Balaban J connectivity index is 1.50. The van der Waals surface area contributed by atoms with E-state index in [2.05, 4.69) is 4.98 Å². The molecule has 1 unspecified atom stereocenters. The zero-order valence-corrected chi connectivity index (χ0v) is 23.1. The molecule has 2 saturated carbocycles. The molecule has 0 radical (unpaired) electrons. The maximum absolute atomic E-state index is 14.8. The maximum atomic E-state index is 14.8. The van der Waals surface area contributed by atoms with Crippen LogP contribution in [0.2, 0.25) is 0 Å². The van der Waals surface area contributed by atoms with Gasteiger partial charge in [-0.25, -0.2) is 23.2 Å². The average Bonchev–Trinajstić information content (AvgIpc) is 3.84. The van der Waals surface area contributed by atoms with E-state index in [9.17, 15) is 22.9 Å². The minimum atomic E-state index is -2.32. The summed E-state index contributed by atoms with van der Waals surface area (Å²) >= 11 is 1.18. The van der Waals surface area contributed by atoms with Crippen LogP contribution in [0.3, 0.4) is 0 Å². The summed E-state index contributed by atoms with van der Waals surface area (Å²) in [6.07, 6.45) is 9.17. The predicted molar refractivity (Wildman–Crippen MR) is 151 cm³/mol. The molecule has 2 aromatic carbocycles. The Morgan fingerprint density at radius 3 is 2.60 bits per heavy atom. The Bertz CT molecular complexity index is 1670. The van der Waals surface area contributed by atoms with Crippen LogP contribution in [0, 0.1) is 23.5 Å². The van der Waals surface area contributed by atoms with Gasteiger partial charge in [0.25, 0.3) is 0 Å². The SMILES string of the molecule is N[SH+](=O)c1ccc(Cc2c(-c3ccc(F)c(/C=C/C4CC4)c3)nn(-c3nc(C(=O)O)cs3)c2CC2CC2)cc1F. The lowest BCUT2D eigenvalue weighted by molar-refractivity contribution is 0.0691. The van der Waals surface area contributed by atoms with Crippen LogP contribution in [0.4, 0.5) is 8.78 Å². The van der Waals surface area contributed by atoms with Gasteiger partial charge in [-0.05, 0) is 79.8 Å². The molecule has 6 rings (SSSR count). The highest BCUT2D eigenvalue weighted by Gasteiger charge is 2.30. The second kappa shape index (κ2) is 10.8. The van der Waals surface area contributed by atoms with Gasteiger partial charge in [-0.15, -0.1) is 16.5 Å². The number of halogens is 2. The summed E-state index contributed by atoms with van der Waals surface area (Å²) < 4.78 is 42.9. The van der Waals surface area contributed by atoms with Gasteiger partial charge in [0.15, 0.2) is 22.5 Å². The fourth-order valence-electron chi connectivity index (χ4n) is 4.72. The Morgan fingerprint density at radius 2 is 1.95 bits per heavy atom. The number of hydrogen-bond donors (Lipinski definition) is 2. The summed E-state index contributed by atoms with van der Waals surface area (Å²) in [4.78, 5) is 15.8. The molecule has 4 aromatic rings. The topological polar surface area (TPSA) is 111 Å². The summed E-state index contributed by atoms with van der Waals surface area (Å²) in [5.74, 6) is -1.17. The number of benzene rings is 2. The van der Waals surface area contributed by atoms with Gasteiger partial charge in [-0.3, -0.25) is 0 Å². The van der Waals surface area contributed by atoms with E-state index in [-0.39, 0.29) is 16.4 Å². The van der Waals surface area contributed by atoms with Gasteiger partial charge >= 0.3 is 5.97 Å². The standard InChI is InChI=1S/C29H26F2N4O3S2/c30-22-9-8-20(14-19(22)7-5-16-1-2-16)27-21(11-18-6-10-26(40(32)38)23(31)12-18)25(13-17-3-4-17)35(34-27)29-33-24(15-39-29)28(36)37/h5-10,12,14-17H,1-4,11,13H2,(H2,32,38)(H,36,37)/p+1/b7-5+. The van der Waals surface area contributed by atoms with Crippen molar-refractivity contribution < 1.29 is 22.9 Å². The van der Waals surface area contributed by atoms with Crippen LogP contribution in [0.25, 0.3) is 22.5 Å². The van der Waals surface area contributed by atoms with E-state index in [4.69, 9.17) is 10.2 Å². The highest BCUT2D eigenvalue weighted by molar-refractivity contribution is 7.82. The average molecular weight is 582 g/mol. The van der Waals surface area contributed by atoms with Crippen molar-refractivity contribution in [1.82, 2.24) is 14.8 Å². The fourth-order valence-corrected chi connectivity index (χ4v) is 5.99. The normalized spacial score (nSPS) is 16.1. The number of hydrogen-bond acceptors (Lipinski definition) is 5. The zero-order valence-electron chi connectivity index (χ0n) is 21.4. The van der Waals surface area contributed by atoms with E-state index in [1.54, 1.807) is 29.0 Å². The molecule has 11 heteroatoms. The van der Waals surface area contributed by atoms with Gasteiger partial charge in [0.05, 0.1) is 11.4 Å². The maximum Gasteiger partial charge on any atom is 0.355 e. The van der Waals surface area contributed by atoms with Gasteiger partial charge in [0.2, 0.25) is 10.0 Å². The number of nitrogens with zero attached hydrogens (tertiary/aromatic N) is 3. The molecule has 2 aliphatic carbocycles. The lowest BCUT2D eigenvalue weighted by atomic mass is 9.96. The van der Waals surface area contributed by atoms with Gasteiger partial charge < -0.3 is 5.11 Å². The van der Waals surface area contributed by atoms with Crippen LogP contribution in [0.1, 0.15) is 58.6 Å². The van der Waals surface area contributed by atoms with Crippen molar-refractivity contribution in [3.05, 3.63) is 87.6 Å². The van der Waals surface area contributed by atoms with Gasteiger partial charge in [-0.2, -0.15) is 5.10 Å². The van der Waals surface area contributed by atoms with E-state index in [1.165, 1.54) is 34.9 Å². The first-order chi connectivity index (χ1) is 19.3. The van der Waals surface area contributed by atoms with Crippen molar-refractivity contribution in [3.63, 3.8) is 0 Å². The largest absolute Gasteiger partial charge is 0.476 e. The summed E-state index contributed by atoms with van der Waals surface area (Å²) in [5, 5.41) is 21.7. The molecule has 0 saturated heterocycles. The van der Waals surface area contributed by atoms with Crippen molar-refractivity contribution in [3.8, 4) is 16.4 Å². The second-order valence-electron chi connectivity index (χ2n) is 10.4. The Hall–Kier alpha value is -3.54. The summed E-state index contributed by atoms with van der Waals surface area (Å²) in [6.45, 7) is 0. The molecule has 1 atom stereocenters. The molecular weight excluding hydrogens is 554 g/mol. The lowest BCUT2D eigenvalue weighted by Gasteiger charge is -2.09. The highest BCUT2D eigenvalue weighted by Crippen LogP contribution is 2.39.